The standard InChI is InChI=1S/C15H30N2O2/c1-12-6-10-17(11-13(12)19-4)14(18)5-7-15(2,3)8-9-16/h12-13H,5-11,16H2,1-4H3. The average Bonchev–Trinajstić information content (AvgIpc) is 2.36. The second-order valence-corrected chi connectivity index (χ2v) is 6.58. The van der Waals surface area contributed by atoms with E-state index in [9.17, 15) is 4.79 Å². The van der Waals surface area contributed by atoms with Crippen molar-refractivity contribution in [3.63, 3.8) is 0 Å². The summed E-state index contributed by atoms with van der Waals surface area (Å²) >= 11 is 0. The van der Waals surface area contributed by atoms with E-state index in [1.807, 2.05) is 4.90 Å². The fraction of sp³-hybridized carbons (Fsp3) is 0.933. The van der Waals surface area contributed by atoms with Crippen molar-refractivity contribution >= 4 is 5.91 Å². The smallest absolute Gasteiger partial charge is 0.222 e. The van der Waals surface area contributed by atoms with Crippen LogP contribution in [-0.2, 0) is 9.53 Å². The second kappa shape index (κ2) is 7.25. The molecule has 1 aliphatic rings. The molecule has 0 aliphatic carbocycles. The minimum atomic E-state index is 0.161. The van der Waals surface area contributed by atoms with Crippen molar-refractivity contribution in [2.24, 2.45) is 17.1 Å². The molecule has 0 spiro atoms. The molecule has 112 valence electrons. The van der Waals surface area contributed by atoms with Gasteiger partial charge in [-0.15, -0.1) is 0 Å². The predicted molar refractivity (Wildman–Crippen MR) is 77.8 cm³/mol. The molecule has 1 heterocycles. The van der Waals surface area contributed by atoms with E-state index in [1.54, 1.807) is 7.11 Å². The summed E-state index contributed by atoms with van der Waals surface area (Å²) in [5.74, 6) is 0.807. The van der Waals surface area contributed by atoms with E-state index < -0.39 is 0 Å². The van der Waals surface area contributed by atoms with Crippen LogP contribution >= 0.6 is 0 Å². The Hall–Kier alpha value is -0.610. The maximum absolute atomic E-state index is 12.3. The number of piperidine rings is 1. The highest BCUT2D eigenvalue weighted by Gasteiger charge is 2.29. The van der Waals surface area contributed by atoms with Crippen LogP contribution in [-0.4, -0.2) is 43.7 Å². The van der Waals surface area contributed by atoms with Crippen LogP contribution in [0.15, 0.2) is 0 Å². The fourth-order valence-corrected chi connectivity index (χ4v) is 2.69. The molecule has 0 saturated carbocycles. The van der Waals surface area contributed by atoms with Crippen molar-refractivity contribution in [3.8, 4) is 0 Å². The Balaban J connectivity index is 2.41. The molecule has 1 fully saturated rings. The normalized spacial score (nSPS) is 24.6. The van der Waals surface area contributed by atoms with Gasteiger partial charge in [0.1, 0.15) is 0 Å². The quantitative estimate of drug-likeness (QED) is 0.803. The largest absolute Gasteiger partial charge is 0.379 e. The summed E-state index contributed by atoms with van der Waals surface area (Å²) in [6.07, 6.45) is 3.73. The topological polar surface area (TPSA) is 55.6 Å². The summed E-state index contributed by atoms with van der Waals surface area (Å²) < 4.78 is 5.46. The van der Waals surface area contributed by atoms with Gasteiger partial charge in [0, 0.05) is 26.6 Å². The Morgan fingerprint density at radius 3 is 2.68 bits per heavy atom. The van der Waals surface area contributed by atoms with Gasteiger partial charge >= 0.3 is 0 Å². The number of ether oxygens (including phenoxy) is 1. The number of amides is 1. The van der Waals surface area contributed by atoms with Crippen LogP contribution in [0.2, 0.25) is 0 Å². The lowest BCUT2D eigenvalue weighted by Crippen LogP contribution is -2.46. The first kappa shape index (κ1) is 16.4. The van der Waals surface area contributed by atoms with Crippen LogP contribution in [0.25, 0.3) is 0 Å². The highest BCUT2D eigenvalue weighted by molar-refractivity contribution is 5.76. The van der Waals surface area contributed by atoms with Crippen molar-refractivity contribution in [1.29, 1.82) is 0 Å². The van der Waals surface area contributed by atoms with Crippen molar-refractivity contribution in [2.45, 2.75) is 52.6 Å². The third-order valence-corrected chi connectivity index (χ3v) is 4.38. The molecule has 2 unspecified atom stereocenters. The molecule has 4 heteroatoms. The molecule has 19 heavy (non-hydrogen) atoms. The summed E-state index contributed by atoms with van der Waals surface area (Å²) in [4.78, 5) is 14.2. The number of nitrogens with two attached hydrogens (primary N) is 1. The second-order valence-electron chi connectivity index (χ2n) is 6.58. The van der Waals surface area contributed by atoms with E-state index in [0.29, 0.717) is 18.9 Å². The number of likely N-dealkylation sites (tertiary alicyclic amines) is 1. The molecule has 1 aliphatic heterocycles. The molecule has 1 rings (SSSR count). The number of methoxy groups -OCH3 is 1. The van der Waals surface area contributed by atoms with Crippen LogP contribution in [0.3, 0.4) is 0 Å². The lowest BCUT2D eigenvalue weighted by Gasteiger charge is -2.36. The van der Waals surface area contributed by atoms with Gasteiger partial charge < -0.3 is 15.4 Å². The van der Waals surface area contributed by atoms with E-state index in [4.69, 9.17) is 10.5 Å². The molecule has 1 amide bonds. The molecule has 2 N–H and O–H groups in total. The lowest BCUT2D eigenvalue weighted by atomic mass is 9.84. The zero-order valence-corrected chi connectivity index (χ0v) is 12.9. The molecule has 4 nitrogen and oxygen atoms in total. The van der Waals surface area contributed by atoms with Crippen LogP contribution < -0.4 is 5.73 Å². The molecule has 0 radical (unpaired) electrons. The summed E-state index contributed by atoms with van der Waals surface area (Å²) in [5, 5.41) is 0. The summed E-state index contributed by atoms with van der Waals surface area (Å²) in [7, 11) is 1.74. The van der Waals surface area contributed by atoms with Crippen LogP contribution in [0.5, 0.6) is 0 Å². The molecule has 0 bridgehead atoms. The number of carbonyl (C=O) groups excluding carboxylic acids is 1. The summed E-state index contributed by atoms with van der Waals surface area (Å²) in [6, 6.07) is 0. The van der Waals surface area contributed by atoms with Gasteiger partial charge in [0.2, 0.25) is 5.91 Å². The Labute approximate surface area is 117 Å². The van der Waals surface area contributed by atoms with Crippen molar-refractivity contribution in [1.82, 2.24) is 4.90 Å². The van der Waals surface area contributed by atoms with Crippen molar-refractivity contribution < 1.29 is 9.53 Å². The average molecular weight is 270 g/mol. The van der Waals surface area contributed by atoms with Gasteiger partial charge in [-0.2, -0.15) is 0 Å². The van der Waals surface area contributed by atoms with E-state index in [-0.39, 0.29) is 17.4 Å². The van der Waals surface area contributed by atoms with Crippen molar-refractivity contribution in [2.75, 3.05) is 26.7 Å². The Bertz CT molecular complexity index is 292. The Morgan fingerprint density at radius 1 is 1.42 bits per heavy atom. The van der Waals surface area contributed by atoms with E-state index in [2.05, 4.69) is 20.8 Å². The predicted octanol–water partition coefficient (Wildman–Crippen LogP) is 2.02. The van der Waals surface area contributed by atoms with Crippen molar-refractivity contribution in [3.05, 3.63) is 0 Å². The van der Waals surface area contributed by atoms with Gasteiger partial charge in [-0.3, -0.25) is 4.79 Å². The van der Waals surface area contributed by atoms with Crippen LogP contribution in [0, 0.1) is 11.3 Å². The van der Waals surface area contributed by atoms with Crippen LogP contribution in [0.1, 0.15) is 46.5 Å². The number of hydrogen-bond acceptors (Lipinski definition) is 3. The highest BCUT2D eigenvalue weighted by atomic mass is 16.5. The fourth-order valence-electron chi connectivity index (χ4n) is 2.69. The third kappa shape index (κ3) is 5.11. The number of rotatable bonds is 6. The number of carbonyl (C=O) groups is 1. The zero-order valence-electron chi connectivity index (χ0n) is 12.9. The molecule has 2 atom stereocenters. The van der Waals surface area contributed by atoms with Gasteiger partial charge in [-0.25, -0.2) is 0 Å². The van der Waals surface area contributed by atoms with Crippen LogP contribution in [0.4, 0.5) is 0 Å². The molecular formula is C15H30N2O2. The van der Waals surface area contributed by atoms with Gasteiger partial charge in [0.05, 0.1) is 6.10 Å². The van der Waals surface area contributed by atoms with Gasteiger partial charge in [0.25, 0.3) is 0 Å². The zero-order chi connectivity index (χ0) is 14.5. The number of nitrogens with zero attached hydrogens (tertiary/aromatic N) is 1. The first-order valence-corrected chi connectivity index (χ1v) is 7.40. The SMILES string of the molecule is COC1CN(C(=O)CCC(C)(C)CCN)CCC1C. The molecular weight excluding hydrogens is 240 g/mol. The van der Waals surface area contributed by atoms with E-state index in [0.717, 1.165) is 32.4 Å². The molecule has 1 saturated heterocycles. The van der Waals surface area contributed by atoms with E-state index >= 15 is 0 Å². The maximum atomic E-state index is 12.3. The summed E-state index contributed by atoms with van der Waals surface area (Å²) in [5.41, 5.74) is 5.76. The Kier molecular flexibility index (Phi) is 6.27. The summed E-state index contributed by atoms with van der Waals surface area (Å²) in [6.45, 7) is 8.87. The lowest BCUT2D eigenvalue weighted by molar-refractivity contribution is -0.136. The molecule has 0 aromatic carbocycles. The highest BCUT2D eigenvalue weighted by Crippen LogP contribution is 2.27. The van der Waals surface area contributed by atoms with Gasteiger partial charge in [-0.05, 0) is 37.1 Å². The molecule has 0 aromatic heterocycles. The van der Waals surface area contributed by atoms with Gasteiger partial charge in [-0.1, -0.05) is 20.8 Å². The minimum absolute atomic E-state index is 0.161. The third-order valence-electron chi connectivity index (χ3n) is 4.38. The number of hydrogen-bond donors (Lipinski definition) is 1. The van der Waals surface area contributed by atoms with E-state index in [1.165, 1.54) is 0 Å². The van der Waals surface area contributed by atoms with Gasteiger partial charge in [0.15, 0.2) is 0 Å². The first-order valence-electron chi connectivity index (χ1n) is 7.40. The Morgan fingerprint density at radius 2 is 2.11 bits per heavy atom. The maximum Gasteiger partial charge on any atom is 0.222 e. The molecule has 0 aromatic rings. The first-order chi connectivity index (χ1) is 8.89. The monoisotopic (exact) mass is 270 g/mol. The minimum Gasteiger partial charge on any atom is -0.379 e.